The molecule has 0 aliphatic heterocycles. The third-order valence-electron chi connectivity index (χ3n) is 4.23. The summed E-state index contributed by atoms with van der Waals surface area (Å²) in [5, 5.41) is 13.3. The number of hydrogen-bond acceptors (Lipinski definition) is 2. The van der Waals surface area contributed by atoms with Crippen molar-refractivity contribution in [2.45, 2.75) is 32.7 Å². The van der Waals surface area contributed by atoms with Crippen LogP contribution >= 0.6 is 0 Å². The summed E-state index contributed by atoms with van der Waals surface area (Å²) >= 11 is 0. The second kappa shape index (κ2) is 5.29. The first-order valence-corrected chi connectivity index (χ1v) is 7.23. The van der Waals surface area contributed by atoms with Gasteiger partial charge in [-0.1, -0.05) is 36.4 Å². The van der Waals surface area contributed by atoms with Crippen molar-refractivity contribution in [1.82, 2.24) is 5.32 Å². The molecule has 1 unspecified atom stereocenters. The zero-order valence-electron chi connectivity index (χ0n) is 12.1. The minimum Gasteiger partial charge on any atom is -0.507 e. The highest BCUT2D eigenvalue weighted by Crippen LogP contribution is 2.34. The molecule has 0 aromatic heterocycles. The number of phenolic OH excluding ortho intramolecular Hbond substituents is 1. The fraction of sp³-hybridized carbons (Fsp3) is 0.333. The molecule has 0 saturated carbocycles. The van der Waals surface area contributed by atoms with Gasteiger partial charge >= 0.3 is 0 Å². The summed E-state index contributed by atoms with van der Waals surface area (Å²) in [7, 11) is 0. The lowest BCUT2D eigenvalue weighted by Gasteiger charge is -2.30. The SMILES string of the molecule is Cc1cc(CNCC2Cc3ccccc32)cc(C)c1O. The third-order valence-corrected chi connectivity index (χ3v) is 4.23. The first-order valence-electron chi connectivity index (χ1n) is 7.23. The van der Waals surface area contributed by atoms with E-state index >= 15 is 0 Å². The van der Waals surface area contributed by atoms with E-state index in [2.05, 4.69) is 41.7 Å². The van der Waals surface area contributed by atoms with Crippen LogP contribution in [0.3, 0.4) is 0 Å². The maximum Gasteiger partial charge on any atom is 0.121 e. The van der Waals surface area contributed by atoms with Gasteiger partial charge in [-0.25, -0.2) is 0 Å². The van der Waals surface area contributed by atoms with Gasteiger partial charge in [-0.2, -0.15) is 0 Å². The Morgan fingerprint density at radius 3 is 2.55 bits per heavy atom. The molecule has 0 spiro atoms. The van der Waals surface area contributed by atoms with Gasteiger partial charge in [0.1, 0.15) is 5.75 Å². The molecule has 0 saturated heterocycles. The van der Waals surface area contributed by atoms with Gasteiger partial charge in [0.05, 0.1) is 0 Å². The first kappa shape index (κ1) is 13.2. The van der Waals surface area contributed by atoms with Crippen LogP contribution in [0.4, 0.5) is 0 Å². The summed E-state index contributed by atoms with van der Waals surface area (Å²) in [6.45, 7) is 5.79. The maximum absolute atomic E-state index is 9.78. The van der Waals surface area contributed by atoms with E-state index < -0.39 is 0 Å². The monoisotopic (exact) mass is 267 g/mol. The molecule has 20 heavy (non-hydrogen) atoms. The molecule has 2 heteroatoms. The number of aryl methyl sites for hydroxylation is 2. The highest BCUT2D eigenvalue weighted by Gasteiger charge is 2.24. The van der Waals surface area contributed by atoms with Crippen LogP contribution in [0.25, 0.3) is 0 Å². The van der Waals surface area contributed by atoms with Gasteiger partial charge < -0.3 is 10.4 Å². The summed E-state index contributed by atoms with van der Waals surface area (Å²) in [5.41, 5.74) is 6.14. The number of fused-ring (bicyclic) bond motifs is 1. The highest BCUT2D eigenvalue weighted by atomic mass is 16.3. The zero-order chi connectivity index (χ0) is 14.1. The molecule has 1 atom stereocenters. The van der Waals surface area contributed by atoms with Gasteiger partial charge in [-0.05, 0) is 48.1 Å². The molecular formula is C18H21NO. The van der Waals surface area contributed by atoms with Crippen LogP contribution in [0.1, 0.15) is 33.7 Å². The Morgan fingerprint density at radius 1 is 1.15 bits per heavy atom. The summed E-state index contributed by atoms with van der Waals surface area (Å²) in [5.74, 6) is 1.08. The molecule has 2 N–H and O–H groups in total. The number of phenols is 1. The van der Waals surface area contributed by atoms with Gasteiger partial charge in [0.15, 0.2) is 0 Å². The van der Waals surface area contributed by atoms with Crippen molar-refractivity contribution in [3.8, 4) is 5.75 Å². The second-order valence-electron chi connectivity index (χ2n) is 5.81. The van der Waals surface area contributed by atoms with Crippen LogP contribution in [0.2, 0.25) is 0 Å². The van der Waals surface area contributed by atoms with E-state index in [0.29, 0.717) is 11.7 Å². The van der Waals surface area contributed by atoms with Crippen LogP contribution in [0, 0.1) is 13.8 Å². The van der Waals surface area contributed by atoms with Crippen molar-refractivity contribution >= 4 is 0 Å². The first-order chi connectivity index (χ1) is 9.65. The smallest absolute Gasteiger partial charge is 0.121 e. The third kappa shape index (κ3) is 2.44. The molecule has 2 nitrogen and oxygen atoms in total. The number of hydrogen-bond donors (Lipinski definition) is 2. The molecule has 0 radical (unpaired) electrons. The number of nitrogens with one attached hydrogen (secondary N) is 1. The van der Waals surface area contributed by atoms with Gasteiger partial charge in [0.2, 0.25) is 0 Å². The molecule has 1 aliphatic carbocycles. The van der Waals surface area contributed by atoms with E-state index in [4.69, 9.17) is 0 Å². The van der Waals surface area contributed by atoms with E-state index in [0.717, 1.165) is 24.2 Å². The lowest BCUT2D eigenvalue weighted by atomic mass is 9.77. The van der Waals surface area contributed by atoms with Crippen LogP contribution in [0.15, 0.2) is 36.4 Å². The Hall–Kier alpha value is -1.80. The van der Waals surface area contributed by atoms with Crippen molar-refractivity contribution < 1.29 is 5.11 Å². The van der Waals surface area contributed by atoms with E-state index in [9.17, 15) is 5.11 Å². The summed E-state index contributed by atoms with van der Waals surface area (Å²) in [4.78, 5) is 0. The number of rotatable bonds is 4. The predicted molar refractivity (Wildman–Crippen MR) is 82.2 cm³/mol. The standard InChI is InChI=1S/C18H21NO/c1-12-7-14(8-13(2)18(12)20)10-19-11-16-9-15-5-3-4-6-17(15)16/h3-8,16,19-20H,9-11H2,1-2H3. The highest BCUT2D eigenvalue weighted by molar-refractivity contribution is 5.42. The quantitative estimate of drug-likeness (QED) is 0.889. The lowest BCUT2D eigenvalue weighted by molar-refractivity contribution is 0.466. The minimum atomic E-state index is 0.418. The van der Waals surface area contributed by atoms with Crippen LogP contribution in [-0.4, -0.2) is 11.7 Å². The van der Waals surface area contributed by atoms with Crippen molar-refractivity contribution in [1.29, 1.82) is 0 Å². The lowest BCUT2D eigenvalue weighted by Crippen LogP contribution is -2.28. The summed E-state index contributed by atoms with van der Waals surface area (Å²) in [6.07, 6.45) is 1.19. The number of aromatic hydroxyl groups is 1. The van der Waals surface area contributed by atoms with Gasteiger partial charge in [-0.15, -0.1) is 0 Å². The second-order valence-corrected chi connectivity index (χ2v) is 5.81. The van der Waals surface area contributed by atoms with E-state index in [1.54, 1.807) is 0 Å². The van der Waals surface area contributed by atoms with Crippen molar-refractivity contribution in [3.63, 3.8) is 0 Å². The molecule has 0 fully saturated rings. The predicted octanol–water partition coefficient (Wildman–Crippen LogP) is 3.44. The van der Waals surface area contributed by atoms with Gasteiger partial charge in [0.25, 0.3) is 0 Å². The van der Waals surface area contributed by atoms with E-state index in [1.165, 1.54) is 23.1 Å². The average molecular weight is 267 g/mol. The topological polar surface area (TPSA) is 32.3 Å². The molecule has 104 valence electrons. The zero-order valence-corrected chi connectivity index (χ0v) is 12.1. The molecule has 0 amide bonds. The van der Waals surface area contributed by atoms with E-state index in [-0.39, 0.29) is 0 Å². The van der Waals surface area contributed by atoms with Crippen LogP contribution in [0.5, 0.6) is 5.75 Å². The molecule has 0 heterocycles. The molecule has 1 aliphatic rings. The van der Waals surface area contributed by atoms with Crippen LogP contribution < -0.4 is 5.32 Å². The molecule has 2 aromatic carbocycles. The summed E-state index contributed by atoms with van der Waals surface area (Å²) in [6, 6.07) is 12.8. The van der Waals surface area contributed by atoms with E-state index in [1.807, 2.05) is 13.8 Å². The Kier molecular flexibility index (Phi) is 3.49. The van der Waals surface area contributed by atoms with Crippen molar-refractivity contribution in [3.05, 3.63) is 64.2 Å². The molecule has 3 rings (SSSR count). The van der Waals surface area contributed by atoms with Gasteiger partial charge in [0, 0.05) is 19.0 Å². The fourth-order valence-electron chi connectivity index (χ4n) is 3.08. The fourth-order valence-corrected chi connectivity index (χ4v) is 3.08. The van der Waals surface area contributed by atoms with Crippen molar-refractivity contribution in [2.75, 3.05) is 6.54 Å². The molecule has 2 aromatic rings. The molecule has 0 bridgehead atoms. The normalized spacial score (nSPS) is 16.6. The van der Waals surface area contributed by atoms with Crippen LogP contribution in [-0.2, 0) is 13.0 Å². The number of benzene rings is 2. The summed E-state index contributed by atoms with van der Waals surface area (Å²) < 4.78 is 0. The Morgan fingerprint density at radius 2 is 1.85 bits per heavy atom. The van der Waals surface area contributed by atoms with Gasteiger partial charge in [-0.3, -0.25) is 0 Å². The average Bonchev–Trinajstić information content (AvgIpc) is 2.41. The Balaban J connectivity index is 1.57. The maximum atomic E-state index is 9.78. The Labute approximate surface area is 120 Å². The minimum absolute atomic E-state index is 0.418. The molecular weight excluding hydrogens is 246 g/mol. The largest absolute Gasteiger partial charge is 0.507 e. The van der Waals surface area contributed by atoms with Crippen molar-refractivity contribution in [2.24, 2.45) is 0 Å². The Bertz CT molecular complexity index is 610.